The van der Waals surface area contributed by atoms with E-state index in [1.807, 2.05) is 32.0 Å². The number of benzene rings is 1. The molecule has 4 nitrogen and oxygen atoms in total. The Morgan fingerprint density at radius 1 is 1.35 bits per heavy atom. The zero-order valence-electron chi connectivity index (χ0n) is 10.4. The van der Waals surface area contributed by atoms with E-state index in [4.69, 9.17) is 11.5 Å². The van der Waals surface area contributed by atoms with Gasteiger partial charge in [0.25, 0.3) is 0 Å². The minimum absolute atomic E-state index is 0.140. The number of carbonyl (C=O) groups excluding carboxylic acids is 1. The van der Waals surface area contributed by atoms with Crippen LogP contribution < -0.4 is 16.4 Å². The number of hydrogen-bond donors (Lipinski definition) is 2. The maximum atomic E-state index is 12.0. The molecule has 0 spiro atoms. The molecule has 1 amide bonds. The minimum Gasteiger partial charge on any atom is -0.399 e. The van der Waals surface area contributed by atoms with E-state index >= 15 is 0 Å². The number of rotatable bonds is 2. The Kier molecular flexibility index (Phi) is 2.83. The number of fused-ring (bicyclic) bond motifs is 1. The number of aryl methyl sites for hydroxylation is 1. The van der Waals surface area contributed by atoms with Crippen LogP contribution in [0.1, 0.15) is 25.8 Å². The van der Waals surface area contributed by atoms with Gasteiger partial charge < -0.3 is 16.4 Å². The SMILES string of the molecule is CC(C)(N)CN1C(=O)CCc2cc(N)ccc21. The quantitative estimate of drug-likeness (QED) is 0.756. The fraction of sp³-hybridized carbons (Fsp3) is 0.462. The van der Waals surface area contributed by atoms with Gasteiger partial charge in [-0.1, -0.05) is 0 Å². The lowest BCUT2D eigenvalue weighted by Gasteiger charge is -2.34. The second-order valence-corrected chi connectivity index (χ2v) is 5.36. The second-order valence-electron chi connectivity index (χ2n) is 5.36. The summed E-state index contributed by atoms with van der Waals surface area (Å²) in [5.74, 6) is 0.140. The molecule has 17 heavy (non-hydrogen) atoms. The summed E-state index contributed by atoms with van der Waals surface area (Å²) in [5.41, 5.74) is 14.2. The summed E-state index contributed by atoms with van der Waals surface area (Å²) in [7, 11) is 0. The van der Waals surface area contributed by atoms with Crippen LogP contribution in [-0.2, 0) is 11.2 Å². The van der Waals surface area contributed by atoms with Crippen molar-refractivity contribution in [1.82, 2.24) is 0 Å². The molecule has 0 unspecified atom stereocenters. The van der Waals surface area contributed by atoms with E-state index in [9.17, 15) is 4.79 Å². The summed E-state index contributed by atoms with van der Waals surface area (Å²) in [6.45, 7) is 4.38. The summed E-state index contributed by atoms with van der Waals surface area (Å²) < 4.78 is 0. The minimum atomic E-state index is -0.397. The van der Waals surface area contributed by atoms with Gasteiger partial charge in [0.15, 0.2) is 0 Å². The molecular formula is C13H19N3O. The zero-order chi connectivity index (χ0) is 12.6. The van der Waals surface area contributed by atoms with Crippen molar-refractivity contribution >= 4 is 17.3 Å². The highest BCUT2D eigenvalue weighted by atomic mass is 16.2. The van der Waals surface area contributed by atoms with Crippen molar-refractivity contribution < 1.29 is 4.79 Å². The molecule has 0 atom stereocenters. The van der Waals surface area contributed by atoms with E-state index in [1.165, 1.54) is 0 Å². The molecule has 0 aromatic heterocycles. The van der Waals surface area contributed by atoms with Crippen molar-refractivity contribution in [3.63, 3.8) is 0 Å². The largest absolute Gasteiger partial charge is 0.399 e. The predicted octanol–water partition coefficient (Wildman–Crippen LogP) is 1.29. The van der Waals surface area contributed by atoms with Crippen LogP contribution in [0.4, 0.5) is 11.4 Å². The zero-order valence-corrected chi connectivity index (χ0v) is 10.4. The Labute approximate surface area is 102 Å². The molecule has 92 valence electrons. The molecule has 4 N–H and O–H groups in total. The third-order valence-corrected chi connectivity index (χ3v) is 2.87. The molecule has 1 aliphatic rings. The van der Waals surface area contributed by atoms with Crippen LogP contribution in [0, 0.1) is 0 Å². The van der Waals surface area contributed by atoms with Crippen LogP contribution in [0.15, 0.2) is 18.2 Å². The Hall–Kier alpha value is -1.55. The summed E-state index contributed by atoms with van der Waals surface area (Å²) >= 11 is 0. The predicted molar refractivity (Wildman–Crippen MR) is 69.8 cm³/mol. The first kappa shape index (κ1) is 11.9. The summed E-state index contributed by atoms with van der Waals surface area (Å²) in [6, 6.07) is 5.68. The van der Waals surface area contributed by atoms with Crippen LogP contribution in [0.3, 0.4) is 0 Å². The maximum absolute atomic E-state index is 12.0. The average molecular weight is 233 g/mol. The van der Waals surface area contributed by atoms with Crippen molar-refractivity contribution in [2.75, 3.05) is 17.2 Å². The van der Waals surface area contributed by atoms with Crippen LogP contribution in [-0.4, -0.2) is 18.0 Å². The Morgan fingerprint density at radius 3 is 2.71 bits per heavy atom. The number of carbonyl (C=O) groups is 1. The van der Waals surface area contributed by atoms with Crippen molar-refractivity contribution in [3.8, 4) is 0 Å². The summed E-state index contributed by atoms with van der Waals surface area (Å²) in [5, 5.41) is 0. The van der Waals surface area contributed by atoms with Crippen molar-refractivity contribution in [1.29, 1.82) is 0 Å². The molecule has 2 rings (SSSR count). The average Bonchev–Trinajstić information content (AvgIpc) is 2.21. The fourth-order valence-electron chi connectivity index (χ4n) is 2.16. The number of nitrogen functional groups attached to an aromatic ring is 1. The van der Waals surface area contributed by atoms with Gasteiger partial charge in [-0.2, -0.15) is 0 Å². The third kappa shape index (κ3) is 2.58. The van der Waals surface area contributed by atoms with Crippen molar-refractivity contribution in [2.24, 2.45) is 5.73 Å². The maximum Gasteiger partial charge on any atom is 0.227 e. The standard InChI is InChI=1S/C13H19N3O/c1-13(2,15)8-16-11-5-4-10(14)7-9(11)3-6-12(16)17/h4-5,7H,3,6,8,14-15H2,1-2H3. The summed E-state index contributed by atoms with van der Waals surface area (Å²) in [6.07, 6.45) is 1.30. The number of anilines is 2. The molecule has 1 heterocycles. The summed E-state index contributed by atoms with van der Waals surface area (Å²) in [4.78, 5) is 13.7. The van der Waals surface area contributed by atoms with Gasteiger partial charge in [-0.25, -0.2) is 0 Å². The van der Waals surface area contributed by atoms with Crippen LogP contribution in [0.5, 0.6) is 0 Å². The molecular weight excluding hydrogens is 214 g/mol. The molecule has 0 saturated carbocycles. The molecule has 1 aromatic carbocycles. The first-order valence-electron chi connectivity index (χ1n) is 5.84. The van der Waals surface area contributed by atoms with Gasteiger partial charge in [0, 0.05) is 29.9 Å². The highest BCUT2D eigenvalue weighted by Crippen LogP contribution is 2.30. The van der Waals surface area contributed by atoms with Gasteiger partial charge >= 0.3 is 0 Å². The number of nitrogens with zero attached hydrogens (tertiary/aromatic N) is 1. The Balaban J connectivity index is 2.37. The number of nitrogens with two attached hydrogens (primary N) is 2. The molecule has 0 radical (unpaired) electrons. The molecule has 0 aliphatic carbocycles. The molecule has 0 saturated heterocycles. The number of amides is 1. The number of hydrogen-bond acceptors (Lipinski definition) is 3. The Morgan fingerprint density at radius 2 is 2.06 bits per heavy atom. The van der Waals surface area contributed by atoms with Crippen molar-refractivity contribution in [3.05, 3.63) is 23.8 Å². The smallest absolute Gasteiger partial charge is 0.227 e. The lowest BCUT2D eigenvalue weighted by Crippen LogP contribution is -2.49. The second kappa shape index (κ2) is 4.04. The van der Waals surface area contributed by atoms with E-state index in [2.05, 4.69) is 0 Å². The first-order chi connectivity index (χ1) is 7.87. The van der Waals surface area contributed by atoms with Gasteiger partial charge in [-0.15, -0.1) is 0 Å². The molecule has 4 heteroatoms. The lowest BCUT2D eigenvalue weighted by atomic mass is 9.97. The fourth-order valence-corrected chi connectivity index (χ4v) is 2.16. The molecule has 1 aromatic rings. The van der Waals surface area contributed by atoms with E-state index < -0.39 is 5.54 Å². The van der Waals surface area contributed by atoms with Gasteiger partial charge in [0.1, 0.15) is 0 Å². The van der Waals surface area contributed by atoms with E-state index in [-0.39, 0.29) is 5.91 Å². The molecule has 0 fully saturated rings. The van der Waals surface area contributed by atoms with E-state index in [0.717, 1.165) is 23.4 Å². The van der Waals surface area contributed by atoms with E-state index in [1.54, 1.807) is 4.90 Å². The van der Waals surface area contributed by atoms with Gasteiger partial charge in [0.2, 0.25) is 5.91 Å². The third-order valence-electron chi connectivity index (χ3n) is 2.87. The molecule has 0 bridgehead atoms. The monoisotopic (exact) mass is 233 g/mol. The van der Waals surface area contributed by atoms with Crippen LogP contribution in [0.2, 0.25) is 0 Å². The van der Waals surface area contributed by atoms with Gasteiger partial charge in [-0.3, -0.25) is 4.79 Å². The highest BCUT2D eigenvalue weighted by molar-refractivity contribution is 5.96. The van der Waals surface area contributed by atoms with Crippen LogP contribution in [0.25, 0.3) is 0 Å². The Bertz CT molecular complexity index is 448. The van der Waals surface area contributed by atoms with E-state index in [0.29, 0.717) is 13.0 Å². The molecule has 1 aliphatic heterocycles. The topological polar surface area (TPSA) is 72.3 Å². The first-order valence-corrected chi connectivity index (χ1v) is 5.84. The normalized spacial score (nSPS) is 15.9. The van der Waals surface area contributed by atoms with Crippen LogP contribution >= 0.6 is 0 Å². The van der Waals surface area contributed by atoms with Gasteiger partial charge in [-0.05, 0) is 44.0 Å². The van der Waals surface area contributed by atoms with Gasteiger partial charge in [0.05, 0.1) is 0 Å². The van der Waals surface area contributed by atoms with Crippen molar-refractivity contribution in [2.45, 2.75) is 32.2 Å². The lowest BCUT2D eigenvalue weighted by molar-refractivity contribution is -0.119. The highest BCUT2D eigenvalue weighted by Gasteiger charge is 2.27.